The standard InChI is InChI=1S/C22H20N4O2/c1-15(28-18-5-3-2-4-6-18)14-24-22(27)17-7-8-20-19(13-17)21(26-25-20)16-9-11-23-12-10-16/h2-13,15H,14H2,1H3,(H,24,27)(H,25,26). The number of aromatic amines is 1. The van der Waals surface area contributed by atoms with E-state index in [0.717, 1.165) is 27.9 Å². The lowest BCUT2D eigenvalue weighted by Crippen LogP contribution is -2.33. The zero-order valence-electron chi connectivity index (χ0n) is 15.4. The number of aromatic nitrogens is 3. The number of carbonyl (C=O) groups excluding carboxylic acids is 1. The molecule has 4 aromatic rings. The van der Waals surface area contributed by atoms with Crippen molar-refractivity contribution in [3.8, 4) is 17.0 Å². The molecule has 1 amide bonds. The third-order valence-corrected chi connectivity index (χ3v) is 4.41. The highest BCUT2D eigenvalue weighted by Gasteiger charge is 2.13. The average molecular weight is 372 g/mol. The van der Waals surface area contributed by atoms with Gasteiger partial charge in [-0.05, 0) is 49.4 Å². The number of fused-ring (bicyclic) bond motifs is 1. The summed E-state index contributed by atoms with van der Waals surface area (Å²) in [5, 5.41) is 11.2. The maximum Gasteiger partial charge on any atom is 0.251 e. The Hall–Kier alpha value is -3.67. The first-order chi connectivity index (χ1) is 13.7. The number of nitrogens with one attached hydrogen (secondary N) is 2. The number of pyridine rings is 1. The Kier molecular flexibility index (Phi) is 5.01. The number of amides is 1. The monoisotopic (exact) mass is 372 g/mol. The highest BCUT2D eigenvalue weighted by molar-refractivity contribution is 6.01. The molecule has 2 aromatic heterocycles. The normalized spacial score (nSPS) is 11.9. The van der Waals surface area contributed by atoms with Crippen molar-refractivity contribution in [2.45, 2.75) is 13.0 Å². The molecule has 0 radical (unpaired) electrons. The Balaban J connectivity index is 1.47. The third kappa shape index (κ3) is 3.86. The minimum Gasteiger partial charge on any atom is -0.489 e. The van der Waals surface area contributed by atoms with Gasteiger partial charge in [-0.3, -0.25) is 14.9 Å². The molecule has 0 bridgehead atoms. The van der Waals surface area contributed by atoms with Gasteiger partial charge < -0.3 is 10.1 Å². The van der Waals surface area contributed by atoms with Crippen molar-refractivity contribution in [1.29, 1.82) is 0 Å². The van der Waals surface area contributed by atoms with E-state index in [0.29, 0.717) is 12.1 Å². The molecule has 0 saturated carbocycles. The zero-order valence-corrected chi connectivity index (χ0v) is 15.4. The molecule has 2 heterocycles. The van der Waals surface area contributed by atoms with E-state index in [1.807, 2.05) is 61.5 Å². The Morgan fingerprint density at radius 1 is 1.11 bits per heavy atom. The van der Waals surface area contributed by atoms with Gasteiger partial charge in [0.2, 0.25) is 0 Å². The van der Waals surface area contributed by atoms with Crippen LogP contribution in [0.25, 0.3) is 22.2 Å². The maximum absolute atomic E-state index is 12.6. The van der Waals surface area contributed by atoms with Gasteiger partial charge >= 0.3 is 0 Å². The lowest BCUT2D eigenvalue weighted by molar-refractivity contribution is 0.0932. The van der Waals surface area contributed by atoms with E-state index in [1.54, 1.807) is 18.5 Å². The zero-order chi connectivity index (χ0) is 19.3. The average Bonchev–Trinajstić information content (AvgIpc) is 3.16. The lowest BCUT2D eigenvalue weighted by Gasteiger charge is -2.15. The summed E-state index contributed by atoms with van der Waals surface area (Å²) in [6, 6.07) is 18.9. The van der Waals surface area contributed by atoms with Crippen LogP contribution in [0.5, 0.6) is 5.75 Å². The molecule has 2 aromatic carbocycles. The van der Waals surface area contributed by atoms with Gasteiger partial charge in [-0.25, -0.2) is 0 Å². The molecule has 140 valence electrons. The van der Waals surface area contributed by atoms with E-state index >= 15 is 0 Å². The lowest BCUT2D eigenvalue weighted by atomic mass is 10.1. The number of ether oxygens (including phenoxy) is 1. The molecular formula is C22H20N4O2. The molecule has 28 heavy (non-hydrogen) atoms. The van der Waals surface area contributed by atoms with Crippen LogP contribution >= 0.6 is 0 Å². The summed E-state index contributed by atoms with van der Waals surface area (Å²) in [6.45, 7) is 2.34. The molecule has 0 saturated heterocycles. The van der Waals surface area contributed by atoms with Crippen molar-refractivity contribution < 1.29 is 9.53 Å². The second kappa shape index (κ2) is 7.92. The molecule has 1 unspecified atom stereocenters. The fraction of sp³-hybridized carbons (Fsp3) is 0.136. The van der Waals surface area contributed by atoms with Gasteiger partial charge in [-0.2, -0.15) is 5.10 Å². The number of rotatable bonds is 6. The summed E-state index contributed by atoms with van der Waals surface area (Å²) in [5.41, 5.74) is 3.21. The summed E-state index contributed by atoms with van der Waals surface area (Å²) in [5.74, 6) is 0.637. The van der Waals surface area contributed by atoms with Crippen molar-refractivity contribution in [1.82, 2.24) is 20.5 Å². The molecule has 1 atom stereocenters. The SMILES string of the molecule is CC(CNC(=O)c1ccc2[nH]nc(-c3ccncc3)c2c1)Oc1ccccc1. The number of carbonyl (C=O) groups is 1. The second-order valence-corrected chi connectivity index (χ2v) is 6.52. The molecule has 6 heteroatoms. The molecule has 6 nitrogen and oxygen atoms in total. The van der Waals surface area contributed by atoms with E-state index in [1.165, 1.54) is 0 Å². The number of hydrogen-bond donors (Lipinski definition) is 2. The number of para-hydroxylation sites is 1. The minimum atomic E-state index is -0.146. The molecule has 0 fully saturated rings. The first-order valence-electron chi connectivity index (χ1n) is 9.09. The minimum absolute atomic E-state index is 0.142. The van der Waals surface area contributed by atoms with Crippen molar-refractivity contribution in [2.24, 2.45) is 0 Å². The van der Waals surface area contributed by atoms with Gasteiger partial charge in [0, 0.05) is 28.9 Å². The van der Waals surface area contributed by atoms with Crippen LogP contribution in [0, 0.1) is 0 Å². The molecule has 0 spiro atoms. The van der Waals surface area contributed by atoms with Crippen molar-refractivity contribution in [3.63, 3.8) is 0 Å². The van der Waals surface area contributed by atoms with Crippen molar-refractivity contribution in [3.05, 3.63) is 78.6 Å². The number of hydrogen-bond acceptors (Lipinski definition) is 4. The Labute approximate surface area is 162 Å². The summed E-state index contributed by atoms with van der Waals surface area (Å²) >= 11 is 0. The van der Waals surface area contributed by atoms with Crippen LogP contribution in [0.2, 0.25) is 0 Å². The van der Waals surface area contributed by atoms with Crippen molar-refractivity contribution in [2.75, 3.05) is 6.54 Å². The first kappa shape index (κ1) is 17.7. The predicted molar refractivity (Wildman–Crippen MR) is 108 cm³/mol. The van der Waals surface area contributed by atoms with Crippen LogP contribution in [0.4, 0.5) is 0 Å². The van der Waals surface area contributed by atoms with Gasteiger partial charge in [0.05, 0.1) is 12.1 Å². The summed E-state index contributed by atoms with van der Waals surface area (Å²) in [4.78, 5) is 16.6. The van der Waals surface area contributed by atoms with Gasteiger partial charge in [0.15, 0.2) is 0 Å². The van der Waals surface area contributed by atoms with Crippen LogP contribution < -0.4 is 10.1 Å². The summed E-state index contributed by atoms with van der Waals surface area (Å²) in [7, 11) is 0. The van der Waals surface area contributed by atoms with Crippen LogP contribution in [0.1, 0.15) is 17.3 Å². The number of H-pyrrole nitrogens is 1. The third-order valence-electron chi connectivity index (χ3n) is 4.41. The van der Waals surface area contributed by atoms with E-state index in [2.05, 4.69) is 20.5 Å². The summed E-state index contributed by atoms with van der Waals surface area (Å²) in [6.07, 6.45) is 3.30. The van der Waals surface area contributed by atoms with E-state index in [9.17, 15) is 4.79 Å². The molecule has 4 rings (SSSR count). The van der Waals surface area contributed by atoms with Crippen LogP contribution in [0.15, 0.2) is 73.1 Å². The fourth-order valence-electron chi connectivity index (χ4n) is 3.00. The Morgan fingerprint density at radius 3 is 2.68 bits per heavy atom. The molecule has 0 aliphatic heterocycles. The molecule has 0 aliphatic rings. The molecular weight excluding hydrogens is 352 g/mol. The van der Waals surface area contributed by atoms with Gasteiger partial charge in [0.1, 0.15) is 17.5 Å². The van der Waals surface area contributed by atoms with Crippen molar-refractivity contribution >= 4 is 16.8 Å². The number of benzene rings is 2. The van der Waals surface area contributed by atoms with E-state index in [-0.39, 0.29) is 12.0 Å². The quantitative estimate of drug-likeness (QED) is 0.539. The van der Waals surface area contributed by atoms with E-state index < -0.39 is 0 Å². The van der Waals surface area contributed by atoms with Gasteiger partial charge in [0.25, 0.3) is 5.91 Å². The smallest absolute Gasteiger partial charge is 0.251 e. The Bertz CT molecular complexity index is 1080. The van der Waals surface area contributed by atoms with Gasteiger partial charge in [-0.1, -0.05) is 18.2 Å². The largest absolute Gasteiger partial charge is 0.489 e. The highest BCUT2D eigenvalue weighted by Crippen LogP contribution is 2.26. The highest BCUT2D eigenvalue weighted by atomic mass is 16.5. The maximum atomic E-state index is 12.6. The van der Waals surface area contributed by atoms with Crippen LogP contribution in [-0.4, -0.2) is 33.7 Å². The molecule has 0 aliphatic carbocycles. The van der Waals surface area contributed by atoms with Crippen LogP contribution in [0.3, 0.4) is 0 Å². The van der Waals surface area contributed by atoms with Gasteiger partial charge in [-0.15, -0.1) is 0 Å². The first-order valence-corrected chi connectivity index (χ1v) is 9.09. The number of nitrogens with zero attached hydrogens (tertiary/aromatic N) is 2. The fourth-order valence-corrected chi connectivity index (χ4v) is 3.00. The van der Waals surface area contributed by atoms with Crippen LogP contribution in [-0.2, 0) is 0 Å². The Morgan fingerprint density at radius 2 is 1.89 bits per heavy atom. The van der Waals surface area contributed by atoms with E-state index in [4.69, 9.17) is 4.74 Å². The summed E-state index contributed by atoms with van der Waals surface area (Å²) < 4.78 is 5.80. The molecule has 2 N–H and O–H groups in total. The predicted octanol–water partition coefficient (Wildman–Crippen LogP) is 3.82. The second-order valence-electron chi connectivity index (χ2n) is 6.52. The topological polar surface area (TPSA) is 79.9 Å².